The van der Waals surface area contributed by atoms with Crippen molar-refractivity contribution in [2.24, 2.45) is 17.3 Å². The molecular formula is C21H20N2. The molecule has 9 rings (SSSR count). The first kappa shape index (κ1) is 11.2. The zero-order chi connectivity index (χ0) is 14.9. The summed E-state index contributed by atoms with van der Waals surface area (Å²) in [5, 5.41) is 5.72. The van der Waals surface area contributed by atoms with Gasteiger partial charge in [0.2, 0.25) is 0 Å². The smallest absolute Gasteiger partial charge is 0.0853 e. The van der Waals surface area contributed by atoms with Crippen LogP contribution in [0.1, 0.15) is 36.8 Å². The fourth-order valence-corrected chi connectivity index (χ4v) is 9.13. The van der Waals surface area contributed by atoms with Crippen molar-refractivity contribution in [3.63, 3.8) is 0 Å². The fourth-order valence-electron chi connectivity index (χ4n) is 9.13. The number of hydrogen-bond acceptors (Lipinski definition) is 2. The quantitative estimate of drug-likeness (QED) is 0.726. The van der Waals surface area contributed by atoms with Gasteiger partial charge in [-0.15, -0.1) is 0 Å². The van der Waals surface area contributed by atoms with Gasteiger partial charge in [-0.05, 0) is 28.4 Å². The Kier molecular flexibility index (Phi) is 1.30. The molecule has 4 saturated heterocycles. The van der Waals surface area contributed by atoms with Gasteiger partial charge >= 0.3 is 0 Å². The third-order valence-corrected chi connectivity index (χ3v) is 9.05. The number of allylic oxidation sites excluding steroid dienone is 2. The van der Waals surface area contributed by atoms with E-state index in [1.807, 2.05) is 0 Å². The zero-order valence-electron chi connectivity index (χ0n) is 13.5. The Balaban J connectivity index is 1.60. The van der Waals surface area contributed by atoms with Crippen molar-refractivity contribution in [1.82, 2.24) is 10.0 Å². The lowest BCUT2D eigenvalue weighted by Gasteiger charge is -2.72. The molecule has 8 aliphatic rings. The van der Waals surface area contributed by atoms with Gasteiger partial charge in [-0.25, -0.2) is 10.0 Å². The summed E-state index contributed by atoms with van der Waals surface area (Å²) >= 11 is 0. The van der Waals surface area contributed by atoms with E-state index >= 15 is 0 Å². The summed E-state index contributed by atoms with van der Waals surface area (Å²) in [6, 6.07) is 10.9. The van der Waals surface area contributed by atoms with E-state index in [-0.39, 0.29) is 11.1 Å². The van der Waals surface area contributed by atoms with Crippen LogP contribution in [0.4, 0.5) is 0 Å². The molecule has 4 aliphatic carbocycles. The van der Waals surface area contributed by atoms with Crippen LogP contribution in [0.5, 0.6) is 0 Å². The first-order valence-corrected chi connectivity index (χ1v) is 9.22. The van der Waals surface area contributed by atoms with Crippen LogP contribution >= 0.6 is 0 Å². The second-order valence-electron chi connectivity index (χ2n) is 9.51. The maximum Gasteiger partial charge on any atom is 0.0853 e. The molecule has 4 aliphatic heterocycles. The molecule has 1 aromatic rings. The Labute approximate surface area is 136 Å². The maximum atomic E-state index is 2.86. The molecule has 1 aromatic carbocycles. The van der Waals surface area contributed by atoms with Gasteiger partial charge in [-0.3, -0.25) is 0 Å². The van der Waals surface area contributed by atoms with Gasteiger partial charge in [0, 0.05) is 23.9 Å². The summed E-state index contributed by atoms with van der Waals surface area (Å²) in [5.41, 5.74) is 4.31. The molecule has 0 amide bonds. The summed E-state index contributed by atoms with van der Waals surface area (Å²) in [4.78, 5) is 0. The predicted octanol–water partition coefficient (Wildman–Crippen LogP) is 3.05. The van der Waals surface area contributed by atoms with Crippen molar-refractivity contribution in [2.45, 2.75) is 48.8 Å². The average Bonchev–Trinajstić information content (AvgIpc) is 3.04. The van der Waals surface area contributed by atoms with Gasteiger partial charge in [-0.2, -0.15) is 0 Å². The molecule has 2 nitrogen and oxygen atoms in total. The maximum absolute atomic E-state index is 2.86. The Morgan fingerprint density at radius 3 is 1.74 bits per heavy atom. The second-order valence-corrected chi connectivity index (χ2v) is 9.51. The van der Waals surface area contributed by atoms with Crippen LogP contribution < -0.4 is 0 Å². The van der Waals surface area contributed by atoms with Gasteiger partial charge in [-0.1, -0.05) is 62.4 Å². The molecule has 8 unspecified atom stereocenters. The second kappa shape index (κ2) is 2.66. The average molecular weight is 300 g/mol. The van der Waals surface area contributed by atoms with Crippen molar-refractivity contribution in [3.8, 4) is 0 Å². The molecule has 0 radical (unpaired) electrons. The van der Waals surface area contributed by atoms with Crippen LogP contribution in [0.15, 0.2) is 48.6 Å². The first-order valence-electron chi connectivity index (χ1n) is 9.22. The lowest BCUT2D eigenvalue weighted by molar-refractivity contribution is -0.258. The van der Waals surface area contributed by atoms with Gasteiger partial charge in [0.25, 0.3) is 0 Å². The van der Waals surface area contributed by atoms with Crippen LogP contribution in [0.25, 0.3) is 0 Å². The minimum absolute atomic E-state index is 0.259. The summed E-state index contributed by atoms with van der Waals surface area (Å²) in [7, 11) is 0. The molecular weight excluding hydrogens is 280 g/mol. The molecule has 2 spiro atoms. The van der Waals surface area contributed by atoms with Gasteiger partial charge in [0.05, 0.1) is 11.1 Å². The molecule has 0 aromatic heterocycles. The lowest BCUT2D eigenvalue weighted by atomic mass is 9.44. The summed E-state index contributed by atoms with van der Waals surface area (Å²) in [6.45, 7) is 5.10. The highest BCUT2D eigenvalue weighted by Gasteiger charge is 2.98. The van der Waals surface area contributed by atoms with Crippen molar-refractivity contribution < 1.29 is 0 Å². The highest BCUT2D eigenvalue weighted by atomic mass is 15.8. The van der Waals surface area contributed by atoms with Crippen LogP contribution in [0.3, 0.4) is 0 Å². The largest absolute Gasteiger partial charge is 0.224 e. The summed E-state index contributed by atoms with van der Waals surface area (Å²) in [5.74, 6) is 3.17. The van der Waals surface area contributed by atoms with E-state index in [0.717, 1.165) is 23.9 Å². The van der Waals surface area contributed by atoms with E-state index in [0.29, 0.717) is 17.3 Å². The molecule has 8 atom stereocenters. The molecule has 2 heteroatoms. The van der Waals surface area contributed by atoms with Crippen LogP contribution in [-0.2, 0) is 0 Å². The number of nitrogens with zero attached hydrogens (tertiary/aromatic N) is 2. The van der Waals surface area contributed by atoms with Crippen molar-refractivity contribution >= 4 is 0 Å². The molecule has 23 heavy (non-hydrogen) atoms. The monoisotopic (exact) mass is 300 g/mol. The Morgan fingerprint density at radius 2 is 1.26 bits per heavy atom. The molecule has 4 heterocycles. The highest BCUT2D eigenvalue weighted by molar-refractivity contribution is 5.66. The normalized spacial score (nSPS) is 59.7. The molecule has 5 fully saturated rings. The Morgan fingerprint density at radius 1 is 0.783 bits per heavy atom. The van der Waals surface area contributed by atoms with Gasteiger partial charge in [0.15, 0.2) is 0 Å². The number of hydrazine groups is 1. The SMILES string of the molecule is CC1(C)C2C3C4C1N1N2C25C=CC=CC12C4c1ccccc1C35. The van der Waals surface area contributed by atoms with Crippen LogP contribution in [0.2, 0.25) is 0 Å². The molecule has 4 bridgehead atoms. The summed E-state index contributed by atoms with van der Waals surface area (Å²) in [6.07, 6.45) is 9.84. The van der Waals surface area contributed by atoms with Crippen LogP contribution in [-0.4, -0.2) is 33.2 Å². The number of rotatable bonds is 0. The minimum Gasteiger partial charge on any atom is -0.224 e. The molecule has 114 valence electrons. The van der Waals surface area contributed by atoms with E-state index in [1.165, 1.54) is 0 Å². The predicted molar refractivity (Wildman–Crippen MR) is 87.7 cm³/mol. The lowest BCUT2D eigenvalue weighted by Crippen LogP contribution is -2.85. The van der Waals surface area contributed by atoms with E-state index < -0.39 is 0 Å². The zero-order valence-corrected chi connectivity index (χ0v) is 13.5. The third-order valence-electron chi connectivity index (χ3n) is 9.05. The Hall–Kier alpha value is -1.38. The topological polar surface area (TPSA) is 6.48 Å². The molecule has 1 saturated carbocycles. The molecule has 0 N–H and O–H groups in total. The third kappa shape index (κ3) is 0.666. The van der Waals surface area contributed by atoms with Crippen LogP contribution in [0, 0.1) is 17.3 Å². The van der Waals surface area contributed by atoms with Gasteiger partial charge in [0.1, 0.15) is 0 Å². The van der Waals surface area contributed by atoms with Gasteiger partial charge < -0.3 is 0 Å². The van der Waals surface area contributed by atoms with E-state index in [9.17, 15) is 0 Å². The Bertz CT molecular complexity index is 826. The fraction of sp³-hybridized carbons (Fsp3) is 0.524. The van der Waals surface area contributed by atoms with Crippen molar-refractivity contribution in [1.29, 1.82) is 0 Å². The minimum atomic E-state index is 0.259. The summed E-state index contributed by atoms with van der Waals surface area (Å²) < 4.78 is 0. The number of benzene rings is 1. The number of hydrogen-bond donors (Lipinski definition) is 0. The van der Waals surface area contributed by atoms with Crippen molar-refractivity contribution in [2.75, 3.05) is 0 Å². The van der Waals surface area contributed by atoms with E-state index in [2.05, 4.69) is 72.4 Å². The highest BCUT2D eigenvalue weighted by Crippen LogP contribution is 2.90. The first-order chi connectivity index (χ1) is 11.2. The standard InChI is InChI=1S/C21H20N2/c1-19(2)17-13-14-16-12-8-4-3-7-11(12)15(13)20-9-5-6-10-21(16,20)23(18(14)19)22(17)20/h3-10,13-18H,1-2H3. The van der Waals surface area contributed by atoms with E-state index in [4.69, 9.17) is 0 Å². The van der Waals surface area contributed by atoms with E-state index in [1.54, 1.807) is 11.1 Å². The van der Waals surface area contributed by atoms with Crippen molar-refractivity contribution in [3.05, 3.63) is 59.7 Å².